The van der Waals surface area contributed by atoms with E-state index in [4.69, 9.17) is 4.42 Å². The fourth-order valence-corrected chi connectivity index (χ4v) is 4.60. The third kappa shape index (κ3) is 2.63. The second-order valence-electron chi connectivity index (χ2n) is 6.63. The summed E-state index contributed by atoms with van der Waals surface area (Å²) in [6, 6.07) is 21.1. The van der Waals surface area contributed by atoms with Crippen LogP contribution in [0.1, 0.15) is 10.4 Å². The summed E-state index contributed by atoms with van der Waals surface area (Å²) >= 11 is 1.53. The number of benzene rings is 3. The van der Waals surface area contributed by atoms with Crippen LogP contribution in [0.4, 0.5) is 5.69 Å². The van der Waals surface area contributed by atoms with Gasteiger partial charge in [-0.1, -0.05) is 60.3 Å². The van der Waals surface area contributed by atoms with Gasteiger partial charge in [-0.25, -0.2) is 4.79 Å². The number of ketones is 1. The third-order valence-corrected chi connectivity index (χ3v) is 6.06. The molecule has 0 aliphatic carbocycles. The van der Waals surface area contributed by atoms with Crippen LogP contribution >= 0.6 is 11.8 Å². The monoisotopic (exact) mass is 385 g/mol. The Balaban J connectivity index is 1.56. The molecule has 0 N–H and O–H groups in total. The van der Waals surface area contributed by atoms with Crippen LogP contribution in [0.15, 0.2) is 91.9 Å². The van der Waals surface area contributed by atoms with Crippen molar-refractivity contribution in [2.45, 2.75) is 4.90 Å². The van der Waals surface area contributed by atoms with Gasteiger partial charge in [0, 0.05) is 28.8 Å². The fourth-order valence-electron chi connectivity index (χ4n) is 3.50. The minimum Gasteiger partial charge on any atom is -0.422 e. The molecule has 0 saturated carbocycles. The lowest BCUT2D eigenvalue weighted by atomic mass is 10.1. The lowest BCUT2D eigenvalue weighted by Gasteiger charge is -2.15. The molecule has 0 amide bonds. The first-order valence-electron chi connectivity index (χ1n) is 8.84. The van der Waals surface area contributed by atoms with Gasteiger partial charge in [-0.05, 0) is 23.6 Å². The summed E-state index contributed by atoms with van der Waals surface area (Å²) < 4.78 is 5.30. The lowest BCUT2D eigenvalue weighted by Crippen LogP contribution is -2.15. The lowest BCUT2D eigenvalue weighted by molar-refractivity contribution is 0.104. The van der Waals surface area contributed by atoms with Crippen LogP contribution in [0.3, 0.4) is 0 Å². The van der Waals surface area contributed by atoms with E-state index in [9.17, 15) is 9.59 Å². The van der Waals surface area contributed by atoms with Gasteiger partial charge in [0.15, 0.2) is 5.78 Å². The van der Waals surface area contributed by atoms with Crippen molar-refractivity contribution in [2.75, 3.05) is 11.9 Å². The summed E-state index contributed by atoms with van der Waals surface area (Å²) in [5.41, 5.74) is 0.978. The molecule has 5 rings (SSSR count). The van der Waals surface area contributed by atoms with Crippen LogP contribution in [-0.4, -0.2) is 12.8 Å². The first kappa shape index (κ1) is 16.8. The van der Waals surface area contributed by atoms with E-state index in [0.717, 1.165) is 31.8 Å². The Morgan fingerprint density at radius 2 is 1.75 bits per heavy atom. The average Bonchev–Trinajstić information content (AvgIpc) is 3.03. The number of hydrogen-bond donors (Lipinski definition) is 0. The van der Waals surface area contributed by atoms with E-state index in [-0.39, 0.29) is 11.3 Å². The van der Waals surface area contributed by atoms with Gasteiger partial charge in [0.05, 0.1) is 10.7 Å². The molecule has 2 heterocycles. The van der Waals surface area contributed by atoms with Crippen molar-refractivity contribution in [1.29, 1.82) is 0 Å². The van der Waals surface area contributed by atoms with E-state index in [1.807, 2.05) is 36.2 Å². The second kappa shape index (κ2) is 6.39. The summed E-state index contributed by atoms with van der Waals surface area (Å²) in [6.45, 7) is 0. The van der Waals surface area contributed by atoms with Gasteiger partial charge in [0.2, 0.25) is 0 Å². The standard InChI is InChI=1S/C23H15NO3S/c1-24-21(28-20-11-10-14-6-2-4-8-16(14)22(20)24)13-18(25)17-12-15-7-3-5-9-19(15)27-23(17)26/h2-13H,1H3/b21-13+. The van der Waals surface area contributed by atoms with Crippen LogP contribution in [0.2, 0.25) is 0 Å². The van der Waals surface area contributed by atoms with Crippen LogP contribution in [0, 0.1) is 0 Å². The Morgan fingerprint density at radius 3 is 2.61 bits per heavy atom. The number of para-hydroxylation sites is 1. The summed E-state index contributed by atoms with van der Waals surface area (Å²) in [7, 11) is 1.94. The van der Waals surface area contributed by atoms with Crippen molar-refractivity contribution in [2.24, 2.45) is 0 Å². The molecule has 4 aromatic rings. The average molecular weight is 385 g/mol. The molecule has 136 valence electrons. The fraction of sp³-hybridized carbons (Fsp3) is 0.0435. The Morgan fingerprint density at radius 1 is 1.00 bits per heavy atom. The van der Waals surface area contributed by atoms with Crippen molar-refractivity contribution < 1.29 is 9.21 Å². The van der Waals surface area contributed by atoms with E-state index in [1.165, 1.54) is 17.8 Å². The number of allylic oxidation sites excluding steroid dienone is 1. The Kier molecular flexibility index (Phi) is 3.84. The quantitative estimate of drug-likeness (QED) is 0.269. The Labute approximate surface area is 165 Å². The largest absolute Gasteiger partial charge is 0.422 e. The maximum absolute atomic E-state index is 12.8. The number of rotatable bonds is 2. The molecule has 5 heteroatoms. The predicted octanol–water partition coefficient (Wildman–Crippen LogP) is 5.21. The number of anilines is 1. The molecule has 1 aromatic heterocycles. The molecule has 28 heavy (non-hydrogen) atoms. The first-order valence-corrected chi connectivity index (χ1v) is 9.66. The molecule has 0 atom stereocenters. The van der Waals surface area contributed by atoms with E-state index in [2.05, 4.69) is 24.3 Å². The van der Waals surface area contributed by atoms with Crippen LogP contribution in [-0.2, 0) is 0 Å². The number of carbonyl (C=O) groups excluding carboxylic acids is 1. The number of hydrogen-bond acceptors (Lipinski definition) is 5. The Bertz CT molecular complexity index is 1350. The summed E-state index contributed by atoms with van der Waals surface area (Å²) in [5.74, 6) is -0.356. The molecule has 0 spiro atoms. The van der Waals surface area contributed by atoms with Crippen LogP contribution in [0.5, 0.6) is 0 Å². The first-order chi connectivity index (χ1) is 13.6. The highest BCUT2D eigenvalue weighted by atomic mass is 32.2. The van der Waals surface area contributed by atoms with Gasteiger partial charge < -0.3 is 9.32 Å². The minimum absolute atomic E-state index is 0.0426. The van der Waals surface area contributed by atoms with Gasteiger partial charge in [0.25, 0.3) is 0 Å². The second-order valence-corrected chi connectivity index (χ2v) is 7.69. The molecule has 3 aromatic carbocycles. The highest BCUT2D eigenvalue weighted by Crippen LogP contribution is 2.48. The minimum atomic E-state index is -0.617. The zero-order chi connectivity index (χ0) is 19.3. The molecule has 0 saturated heterocycles. The van der Waals surface area contributed by atoms with E-state index in [0.29, 0.717) is 5.58 Å². The van der Waals surface area contributed by atoms with Crippen LogP contribution < -0.4 is 10.5 Å². The van der Waals surface area contributed by atoms with Gasteiger partial charge in [-0.15, -0.1) is 0 Å². The SMILES string of the molecule is CN1/C(=C\C(=O)c2cc3ccccc3oc2=O)Sc2ccc3ccccc3c21. The zero-order valence-corrected chi connectivity index (χ0v) is 15.8. The zero-order valence-electron chi connectivity index (χ0n) is 15.0. The topological polar surface area (TPSA) is 50.5 Å². The maximum atomic E-state index is 12.8. The van der Waals surface area contributed by atoms with Crippen molar-refractivity contribution in [3.63, 3.8) is 0 Å². The normalized spacial score (nSPS) is 14.8. The van der Waals surface area contributed by atoms with Gasteiger partial charge >= 0.3 is 5.63 Å². The van der Waals surface area contributed by atoms with Crippen molar-refractivity contribution >= 4 is 45.0 Å². The van der Waals surface area contributed by atoms with Crippen molar-refractivity contribution in [3.05, 3.63) is 93.8 Å². The molecule has 1 aliphatic heterocycles. The summed E-state index contributed by atoms with van der Waals surface area (Å²) in [6.07, 6.45) is 1.51. The molecule has 0 unspecified atom stereocenters. The van der Waals surface area contributed by atoms with Gasteiger partial charge in [-0.3, -0.25) is 4.79 Å². The molecular formula is C23H15NO3S. The number of fused-ring (bicyclic) bond motifs is 4. The summed E-state index contributed by atoms with van der Waals surface area (Å²) in [5, 5.41) is 3.79. The molecule has 0 fully saturated rings. The predicted molar refractivity (Wildman–Crippen MR) is 113 cm³/mol. The summed E-state index contributed by atoms with van der Waals surface area (Å²) in [4.78, 5) is 28.2. The van der Waals surface area contributed by atoms with E-state index in [1.54, 1.807) is 18.2 Å². The Hall–Kier alpha value is -3.31. The highest BCUT2D eigenvalue weighted by molar-refractivity contribution is 8.03. The van der Waals surface area contributed by atoms with Crippen LogP contribution in [0.25, 0.3) is 21.7 Å². The number of thioether (sulfide) groups is 1. The molecule has 4 nitrogen and oxygen atoms in total. The smallest absolute Gasteiger partial charge is 0.347 e. The van der Waals surface area contributed by atoms with Crippen molar-refractivity contribution in [3.8, 4) is 0 Å². The van der Waals surface area contributed by atoms with E-state index >= 15 is 0 Å². The third-order valence-electron chi connectivity index (χ3n) is 4.91. The molecule has 1 aliphatic rings. The van der Waals surface area contributed by atoms with Gasteiger partial charge in [0.1, 0.15) is 11.1 Å². The molecule has 0 radical (unpaired) electrons. The highest BCUT2D eigenvalue weighted by Gasteiger charge is 2.25. The maximum Gasteiger partial charge on any atom is 0.347 e. The van der Waals surface area contributed by atoms with Gasteiger partial charge in [-0.2, -0.15) is 0 Å². The molecule has 0 bridgehead atoms. The van der Waals surface area contributed by atoms with Crippen molar-refractivity contribution in [1.82, 2.24) is 0 Å². The molecular weight excluding hydrogens is 370 g/mol. The van der Waals surface area contributed by atoms with E-state index < -0.39 is 5.63 Å². The number of carbonyl (C=O) groups is 1. The number of nitrogens with zero attached hydrogens (tertiary/aromatic N) is 1.